The van der Waals surface area contributed by atoms with Gasteiger partial charge in [0.1, 0.15) is 12.6 Å². The van der Waals surface area contributed by atoms with Crippen molar-refractivity contribution in [1.82, 2.24) is 0 Å². The first-order chi connectivity index (χ1) is 32.0. The van der Waals surface area contributed by atoms with Gasteiger partial charge in [-0.15, -0.1) is 0 Å². The Morgan fingerprint density at radius 3 is 0.773 bits per heavy atom. The molecule has 0 saturated heterocycles. The molecule has 400 valence electrons. The highest BCUT2D eigenvalue weighted by molar-refractivity contribution is 4.55. The SMILES string of the molecule is CCCCCCCCCCCCCCCCCC[N+](C)(C)CC(O)COCCOCCOCCOCCOCCOCCOCCOCCOCCOCCCCCCCCCCCC.[Cl-]. The van der Waals surface area contributed by atoms with E-state index in [1.807, 2.05) is 0 Å². The summed E-state index contributed by atoms with van der Waals surface area (Å²) < 4.78 is 56.6. The first-order valence-electron chi connectivity index (χ1n) is 27.3. The van der Waals surface area contributed by atoms with Crippen LogP contribution in [0.5, 0.6) is 0 Å². The van der Waals surface area contributed by atoms with Crippen molar-refractivity contribution in [2.24, 2.45) is 0 Å². The van der Waals surface area contributed by atoms with E-state index in [0.29, 0.717) is 132 Å². The number of rotatable bonds is 59. The predicted octanol–water partition coefficient (Wildman–Crippen LogP) is 7.78. The van der Waals surface area contributed by atoms with Crippen molar-refractivity contribution in [1.29, 1.82) is 0 Å². The van der Waals surface area contributed by atoms with Crippen molar-refractivity contribution < 1.29 is 69.4 Å². The highest BCUT2D eigenvalue weighted by Gasteiger charge is 2.20. The van der Waals surface area contributed by atoms with Crippen LogP contribution in [0.25, 0.3) is 0 Å². The maximum Gasteiger partial charge on any atom is 0.126 e. The molecule has 0 spiro atoms. The van der Waals surface area contributed by atoms with Gasteiger partial charge in [-0.1, -0.05) is 162 Å². The number of ether oxygens (including phenoxy) is 10. The molecular weight excluding hydrogens is 862 g/mol. The zero-order valence-corrected chi connectivity index (χ0v) is 44.6. The fourth-order valence-corrected chi connectivity index (χ4v) is 7.69. The van der Waals surface area contributed by atoms with E-state index in [1.165, 1.54) is 161 Å². The second-order valence-electron chi connectivity index (χ2n) is 18.6. The third-order valence-electron chi connectivity index (χ3n) is 11.6. The molecule has 0 aliphatic carbocycles. The average molecular weight is 973 g/mol. The molecule has 0 aromatic carbocycles. The Morgan fingerprint density at radius 1 is 0.288 bits per heavy atom. The van der Waals surface area contributed by atoms with E-state index in [9.17, 15) is 5.11 Å². The van der Waals surface area contributed by atoms with Crippen LogP contribution in [0.2, 0.25) is 0 Å². The van der Waals surface area contributed by atoms with E-state index in [2.05, 4.69) is 27.9 Å². The molecule has 0 saturated carbocycles. The molecule has 0 aliphatic rings. The number of aliphatic hydroxyl groups is 1. The van der Waals surface area contributed by atoms with Crippen LogP contribution >= 0.6 is 0 Å². The monoisotopic (exact) mass is 972 g/mol. The quantitative estimate of drug-likeness (QED) is 0.0477. The Morgan fingerprint density at radius 2 is 0.500 bits per heavy atom. The molecule has 13 heteroatoms. The Kier molecular flexibility index (Phi) is 60.8. The molecule has 12 nitrogen and oxygen atoms in total. The first kappa shape index (κ1) is 67.9. The number of halogens is 1. The van der Waals surface area contributed by atoms with Gasteiger partial charge in [-0.2, -0.15) is 0 Å². The van der Waals surface area contributed by atoms with Crippen LogP contribution in [0.4, 0.5) is 0 Å². The van der Waals surface area contributed by atoms with E-state index in [-0.39, 0.29) is 12.4 Å². The van der Waals surface area contributed by atoms with Gasteiger partial charge in [0, 0.05) is 6.61 Å². The standard InChI is InChI=1S/C53H110NO11.ClH/c1-5-7-9-11-13-15-17-18-19-20-21-22-23-25-27-29-31-54(3,4)51-53(55)52-65-50-49-64-48-47-63-46-45-62-44-43-61-42-41-60-40-39-59-38-37-58-36-35-57-34-33-56-32-30-28-26-24-16-14-12-10-8-6-2;/h53,55H,5-52H2,1-4H3;1H/q+1;/p-1. The van der Waals surface area contributed by atoms with Crippen molar-refractivity contribution in [3.05, 3.63) is 0 Å². The van der Waals surface area contributed by atoms with E-state index in [4.69, 9.17) is 47.4 Å². The number of quaternary nitrogens is 1. The molecule has 0 heterocycles. The van der Waals surface area contributed by atoms with Crippen LogP contribution in [-0.4, -0.2) is 175 Å². The molecular formula is C53H110ClNO11. The molecule has 1 atom stereocenters. The summed E-state index contributed by atoms with van der Waals surface area (Å²) in [6.45, 7) is 17.1. The van der Waals surface area contributed by atoms with Gasteiger partial charge in [-0.05, 0) is 19.3 Å². The largest absolute Gasteiger partial charge is 1.00 e. The zero-order valence-electron chi connectivity index (χ0n) is 43.9. The lowest BCUT2D eigenvalue weighted by molar-refractivity contribution is -0.893. The van der Waals surface area contributed by atoms with E-state index >= 15 is 0 Å². The summed E-state index contributed by atoms with van der Waals surface area (Å²) in [6.07, 6.45) is 35.1. The molecule has 0 amide bonds. The second kappa shape index (κ2) is 59.1. The highest BCUT2D eigenvalue weighted by atomic mass is 35.5. The Balaban J connectivity index is 0. The van der Waals surface area contributed by atoms with E-state index < -0.39 is 6.10 Å². The highest BCUT2D eigenvalue weighted by Crippen LogP contribution is 2.15. The summed E-state index contributed by atoms with van der Waals surface area (Å²) in [4.78, 5) is 0. The third kappa shape index (κ3) is 59.9. The molecule has 1 unspecified atom stereocenters. The maximum atomic E-state index is 10.5. The van der Waals surface area contributed by atoms with Crippen molar-refractivity contribution in [2.75, 3.05) is 159 Å². The van der Waals surface area contributed by atoms with Crippen molar-refractivity contribution in [2.45, 2.75) is 187 Å². The minimum absolute atomic E-state index is 0. The number of likely N-dealkylation sites (N-methyl/N-ethyl adjacent to an activating group) is 1. The Labute approximate surface area is 414 Å². The normalized spacial score (nSPS) is 12.3. The number of unbranched alkanes of at least 4 members (excludes halogenated alkanes) is 24. The van der Waals surface area contributed by atoms with Crippen molar-refractivity contribution in [3.63, 3.8) is 0 Å². The average Bonchev–Trinajstić information content (AvgIpc) is 3.29. The van der Waals surface area contributed by atoms with Gasteiger partial charge in [-0.25, -0.2) is 0 Å². The van der Waals surface area contributed by atoms with Crippen LogP contribution < -0.4 is 12.4 Å². The summed E-state index contributed by atoms with van der Waals surface area (Å²) in [7, 11) is 4.42. The molecule has 0 aliphatic heterocycles. The van der Waals surface area contributed by atoms with Gasteiger partial charge in [-0.3, -0.25) is 0 Å². The van der Waals surface area contributed by atoms with Crippen LogP contribution in [0.1, 0.15) is 181 Å². The number of hydrogen-bond acceptors (Lipinski definition) is 11. The number of nitrogens with zero attached hydrogens (tertiary/aromatic N) is 1. The van der Waals surface area contributed by atoms with Gasteiger partial charge in [0.25, 0.3) is 0 Å². The number of hydrogen-bond donors (Lipinski definition) is 1. The third-order valence-corrected chi connectivity index (χ3v) is 11.6. The van der Waals surface area contributed by atoms with Crippen LogP contribution in [0, 0.1) is 0 Å². The fourth-order valence-electron chi connectivity index (χ4n) is 7.69. The molecule has 0 bridgehead atoms. The maximum absolute atomic E-state index is 10.5. The topological polar surface area (TPSA) is 113 Å². The summed E-state index contributed by atoms with van der Waals surface area (Å²) in [5.74, 6) is 0. The zero-order chi connectivity index (χ0) is 47.1. The smallest absolute Gasteiger partial charge is 0.126 e. The summed E-state index contributed by atoms with van der Waals surface area (Å²) in [6, 6.07) is 0. The van der Waals surface area contributed by atoms with Gasteiger partial charge in [0.2, 0.25) is 0 Å². The van der Waals surface area contributed by atoms with Gasteiger partial charge < -0.3 is 69.4 Å². The molecule has 0 aromatic rings. The predicted molar refractivity (Wildman–Crippen MR) is 267 cm³/mol. The van der Waals surface area contributed by atoms with E-state index in [0.717, 1.165) is 24.1 Å². The van der Waals surface area contributed by atoms with Gasteiger partial charge in [0.05, 0.1) is 146 Å². The van der Waals surface area contributed by atoms with Gasteiger partial charge >= 0.3 is 0 Å². The fraction of sp³-hybridized carbons (Fsp3) is 1.00. The molecule has 0 aromatic heterocycles. The minimum Gasteiger partial charge on any atom is -1.00 e. The lowest BCUT2D eigenvalue weighted by Crippen LogP contribution is -3.00. The van der Waals surface area contributed by atoms with Crippen LogP contribution in [0.15, 0.2) is 0 Å². The Hall–Kier alpha value is -0.190. The molecule has 0 fully saturated rings. The number of aliphatic hydroxyl groups excluding tert-OH is 1. The summed E-state index contributed by atoms with van der Waals surface area (Å²) >= 11 is 0. The lowest BCUT2D eigenvalue weighted by atomic mass is 10.0. The second-order valence-corrected chi connectivity index (χ2v) is 18.6. The Bertz CT molecular complexity index is 866. The van der Waals surface area contributed by atoms with Crippen LogP contribution in [-0.2, 0) is 47.4 Å². The van der Waals surface area contributed by atoms with Crippen molar-refractivity contribution in [3.8, 4) is 0 Å². The summed E-state index contributed by atoms with van der Waals surface area (Å²) in [5, 5.41) is 10.5. The van der Waals surface area contributed by atoms with Crippen LogP contribution in [0.3, 0.4) is 0 Å². The van der Waals surface area contributed by atoms with Gasteiger partial charge in [0.15, 0.2) is 0 Å². The van der Waals surface area contributed by atoms with Crippen molar-refractivity contribution >= 4 is 0 Å². The molecule has 66 heavy (non-hydrogen) atoms. The first-order valence-corrected chi connectivity index (χ1v) is 27.3. The minimum atomic E-state index is -0.466. The lowest BCUT2D eigenvalue weighted by Gasteiger charge is -2.31. The molecule has 1 N–H and O–H groups in total. The van der Waals surface area contributed by atoms with E-state index in [1.54, 1.807) is 0 Å². The molecule has 0 radical (unpaired) electrons. The summed E-state index contributed by atoms with van der Waals surface area (Å²) in [5.41, 5.74) is 0. The molecule has 0 rings (SSSR count).